The predicted molar refractivity (Wildman–Crippen MR) is 65.2 cm³/mol. The summed E-state index contributed by atoms with van der Waals surface area (Å²) >= 11 is 3.51. The van der Waals surface area contributed by atoms with Gasteiger partial charge in [0.1, 0.15) is 0 Å². The van der Waals surface area contributed by atoms with Crippen molar-refractivity contribution in [3.05, 3.63) is 10.6 Å². The fraction of sp³-hybridized carbons (Fsp3) is 0.769. The Morgan fingerprint density at radius 1 is 1.06 bits per heavy atom. The summed E-state index contributed by atoms with van der Waals surface area (Å²) in [5, 5.41) is 8.83. The van der Waals surface area contributed by atoms with Crippen molar-refractivity contribution < 1.29 is 9.90 Å². The van der Waals surface area contributed by atoms with Crippen molar-refractivity contribution in [1.29, 1.82) is 0 Å². The number of carboxylic acids is 1. The van der Waals surface area contributed by atoms with E-state index in [0.717, 1.165) is 28.2 Å². The number of carboxylic acid groups (broad SMARTS) is 1. The van der Waals surface area contributed by atoms with Crippen LogP contribution >= 0.6 is 15.9 Å². The van der Waals surface area contributed by atoms with Crippen LogP contribution in [-0.4, -0.2) is 11.1 Å². The normalized spacial score (nSPS) is 46.1. The first-order valence-electron chi connectivity index (χ1n) is 6.23. The molecule has 16 heavy (non-hydrogen) atoms. The van der Waals surface area contributed by atoms with Crippen LogP contribution in [0.1, 0.15) is 32.1 Å². The third-order valence-electron chi connectivity index (χ3n) is 4.81. The van der Waals surface area contributed by atoms with Crippen LogP contribution in [0.5, 0.6) is 0 Å². The summed E-state index contributed by atoms with van der Waals surface area (Å²) in [6, 6.07) is 0. The fourth-order valence-corrected chi connectivity index (χ4v) is 5.53. The SMILES string of the molecule is O=C(O)/C=C(/Br)C1C2CC3CC(C2)CC1C3. The van der Waals surface area contributed by atoms with Crippen LogP contribution < -0.4 is 0 Å². The Bertz CT molecular complexity index is 320. The summed E-state index contributed by atoms with van der Waals surface area (Å²) in [6.07, 6.45) is 8.15. The molecule has 2 nitrogen and oxygen atoms in total. The van der Waals surface area contributed by atoms with Crippen molar-refractivity contribution in [2.45, 2.75) is 32.1 Å². The third-order valence-corrected chi connectivity index (χ3v) is 5.56. The number of hydrogen-bond donors (Lipinski definition) is 1. The van der Waals surface area contributed by atoms with Crippen LogP contribution in [-0.2, 0) is 4.79 Å². The summed E-state index contributed by atoms with van der Waals surface area (Å²) in [6.45, 7) is 0. The number of rotatable bonds is 2. The Morgan fingerprint density at radius 3 is 2.00 bits per heavy atom. The summed E-state index contributed by atoms with van der Waals surface area (Å²) < 4.78 is 0.939. The molecule has 0 amide bonds. The molecule has 0 spiro atoms. The summed E-state index contributed by atoms with van der Waals surface area (Å²) in [5.74, 6) is 3.08. The molecule has 0 aromatic heterocycles. The molecule has 0 radical (unpaired) electrons. The van der Waals surface area contributed by atoms with Crippen LogP contribution in [0.15, 0.2) is 10.6 Å². The van der Waals surface area contributed by atoms with E-state index in [4.69, 9.17) is 5.11 Å². The van der Waals surface area contributed by atoms with E-state index < -0.39 is 5.97 Å². The van der Waals surface area contributed by atoms with E-state index in [1.807, 2.05) is 0 Å². The second-order valence-corrected chi connectivity index (χ2v) is 6.74. The maximum atomic E-state index is 10.7. The monoisotopic (exact) mass is 284 g/mol. The van der Waals surface area contributed by atoms with Crippen LogP contribution in [0.25, 0.3) is 0 Å². The van der Waals surface area contributed by atoms with Gasteiger partial charge >= 0.3 is 5.97 Å². The van der Waals surface area contributed by atoms with Crippen molar-refractivity contribution in [2.24, 2.45) is 29.6 Å². The van der Waals surface area contributed by atoms with Gasteiger partial charge < -0.3 is 5.11 Å². The maximum absolute atomic E-state index is 10.7. The third kappa shape index (κ3) is 1.73. The molecule has 1 N–H and O–H groups in total. The second kappa shape index (κ2) is 3.86. The summed E-state index contributed by atoms with van der Waals surface area (Å²) in [4.78, 5) is 10.7. The summed E-state index contributed by atoms with van der Waals surface area (Å²) in [5.41, 5.74) is 0. The minimum atomic E-state index is -0.819. The number of halogens is 1. The van der Waals surface area contributed by atoms with Gasteiger partial charge in [0.15, 0.2) is 0 Å². The lowest BCUT2D eigenvalue weighted by Crippen LogP contribution is -2.45. The number of aliphatic carboxylic acids is 1. The molecule has 4 bridgehead atoms. The highest BCUT2D eigenvalue weighted by atomic mass is 79.9. The fourth-order valence-electron chi connectivity index (χ4n) is 4.59. The highest BCUT2D eigenvalue weighted by Gasteiger charge is 2.48. The largest absolute Gasteiger partial charge is 0.478 e. The molecule has 88 valence electrons. The maximum Gasteiger partial charge on any atom is 0.329 e. The van der Waals surface area contributed by atoms with Crippen molar-refractivity contribution in [1.82, 2.24) is 0 Å². The van der Waals surface area contributed by atoms with Crippen LogP contribution in [0.2, 0.25) is 0 Å². The first-order chi connectivity index (χ1) is 7.63. The van der Waals surface area contributed by atoms with Gasteiger partial charge in [0.2, 0.25) is 0 Å². The highest BCUT2D eigenvalue weighted by molar-refractivity contribution is 9.11. The van der Waals surface area contributed by atoms with Crippen LogP contribution in [0.3, 0.4) is 0 Å². The Labute approximate surface area is 104 Å². The molecule has 3 heteroatoms. The van der Waals surface area contributed by atoms with E-state index >= 15 is 0 Å². The molecule has 0 saturated heterocycles. The zero-order valence-corrected chi connectivity index (χ0v) is 10.8. The molecule has 0 aliphatic heterocycles. The topological polar surface area (TPSA) is 37.3 Å². The molecule has 4 rings (SSSR count). The van der Waals surface area contributed by atoms with Gasteiger partial charge in [-0.2, -0.15) is 0 Å². The van der Waals surface area contributed by atoms with E-state index in [1.54, 1.807) is 0 Å². The van der Waals surface area contributed by atoms with Gasteiger partial charge in [-0.15, -0.1) is 0 Å². The van der Waals surface area contributed by atoms with E-state index in [1.165, 1.54) is 38.2 Å². The molecule has 4 saturated carbocycles. The lowest BCUT2D eigenvalue weighted by molar-refractivity contribution is -0.131. The average Bonchev–Trinajstić information content (AvgIpc) is 2.13. The lowest BCUT2D eigenvalue weighted by atomic mass is 9.52. The minimum absolute atomic E-state index is 0.504. The molecular formula is C13H17BrO2. The Morgan fingerprint density at radius 2 is 1.56 bits per heavy atom. The van der Waals surface area contributed by atoms with Crippen molar-refractivity contribution in [3.8, 4) is 0 Å². The molecule has 0 heterocycles. The predicted octanol–water partition coefficient (Wildman–Crippen LogP) is 3.42. The first-order valence-corrected chi connectivity index (χ1v) is 7.02. The van der Waals surface area contributed by atoms with Gasteiger partial charge in [0.25, 0.3) is 0 Å². The first kappa shape index (κ1) is 10.8. The van der Waals surface area contributed by atoms with Crippen LogP contribution in [0.4, 0.5) is 0 Å². The highest BCUT2D eigenvalue weighted by Crippen LogP contribution is 2.58. The molecule has 0 atom stereocenters. The Balaban J connectivity index is 1.84. The van der Waals surface area contributed by atoms with E-state index in [0.29, 0.717) is 5.92 Å². The van der Waals surface area contributed by atoms with Gasteiger partial charge in [-0.05, 0) is 61.7 Å². The molecule has 0 aromatic carbocycles. The van der Waals surface area contributed by atoms with Crippen LogP contribution in [0, 0.1) is 29.6 Å². The number of carbonyl (C=O) groups is 1. The van der Waals surface area contributed by atoms with Crippen molar-refractivity contribution >= 4 is 21.9 Å². The minimum Gasteiger partial charge on any atom is -0.478 e. The van der Waals surface area contributed by atoms with Gasteiger partial charge in [-0.1, -0.05) is 15.9 Å². The molecule has 0 unspecified atom stereocenters. The van der Waals surface area contributed by atoms with E-state index in [-0.39, 0.29) is 0 Å². The van der Waals surface area contributed by atoms with Crippen molar-refractivity contribution in [3.63, 3.8) is 0 Å². The molecule has 4 aliphatic rings. The standard InChI is InChI=1S/C13H17BrO2/c14-11(6-12(15)16)13-9-2-7-1-8(4-9)5-10(13)3-7/h6-10,13H,1-5H2,(H,15,16)/b11-6+. The Hall–Kier alpha value is -0.310. The van der Waals surface area contributed by atoms with Gasteiger partial charge in [-0.3, -0.25) is 0 Å². The zero-order chi connectivity index (χ0) is 11.3. The van der Waals surface area contributed by atoms with Gasteiger partial charge in [0.05, 0.1) is 0 Å². The van der Waals surface area contributed by atoms with Crippen molar-refractivity contribution in [2.75, 3.05) is 0 Å². The smallest absolute Gasteiger partial charge is 0.329 e. The second-order valence-electron chi connectivity index (χ2n) is 5.82. The molecule has 4 fully saturated rings. The van der Waals surface area contributed by atoms with Gasteiger partial charge in [0, 0.05) is 10.6 Å². The quantitative estimate of drug-likeness (QED) is 0.789. The zero-order valence-electron chi connectivity index (χ0n) is 9.23. The van der Waals surface area contributed by atoms with E-state index in [2.05, 4.69) is 15.9 Å². The summed E-state index contributed by atoms with van der Waals surface area (Å²) in [7, 11) is 0. The molecule has 0 aromatic rings. The van der Waals surface area contributed by atoms with Gasteiger partial charge in [-0.25, -0.2) is 4.79 Å². The molecule has 4 aliphatic carbocycles. The lowest BCUT2D eigenvalue weighted by Gasteiger charge is -2.54. The number of hydrogen-bond acceptors (Lipinski definition) is 1. The average molecular weight is 285 g/mol. The van der Waals surface area contributed by atoms with E-state index in [9.17, 15) is 4.79 Å². The Kier molecular flexibility index (Phi) is 2.61. The molecular weight excluding hydrogens is 268 g/mol. The number of allylic oxidation sites excluding steroid dienone is 1.